The van der Waals surface area contributed by atoms with Gasteiger partial charge in [-0.1, -0.05) is 24.3 Å². The molecule has 1 fully saturated rings. The van der Waals surface area contributed by atoms with Crippen LogP contribution >= 0.6 is 0 Å². The zero-order valence-corrected chi connectivity index (χ0v) is 18.4. The Kier molecular flexibility index (Phi) is 5.04. The van der Waals surface area contributed by atoms with Gasteiger partial charge < -0.3 is 20.5 Å². The molecule has 6 nitrogen and oxygen atoms in total. The molecule has 3 N–H and O–H groups in total. The number of fused-ring (bicyclic) bond motifs is 1. The molecule has 4 aromatic rings. The maximum absolute atomic E-state index is 9.41. The Morgan fingerprint density at radius 1 is 1.00 bits per heavy atom. The van der Waals surface area contributed by atoms with E-state index in [1.54, 1.807) is 6.20 Å². The van der Waals surface area contributed by atoms with E-state index in [9.17, 15) is 5.26 Å². The smallest absolute Gasteiger partial charge is 0.138 e. The van der Waals surface area contributed by atoms with E-state index in [0.29, 0.717) is 5.56 Å². The lowest BCUT2D eigenvalue weighted by Crippen LogP contribution is -2.44. The normalized spacial score (nSPS) is 14.6. The molecule has 1 aliphatic heterocycles. The van der Waals surface area contributed by atoms with E-state index >= 15 is 0 Å². The quantitative estimate of drug-likeness (QED) is 0.478. The van der Waals surface area contributed by atoms with Crippen LogP contribution in [-0.4, -0.2) is 48.1 Å². The van der Waals surface area contributed by atoms with Gasteiger partial charge in [0.1, 0.15) is 11.7 Å². The average Bonchev–Trinajstić information content (AvgIpc) is 3.20. The van der Waals surface area contributed by atoms with Crippen molar-refractivity contribution in [1.82, 2.24) is 14.9 Å². The zero-order chi connectivity index (χ0) is 22.2. The van der Waals surface area contributed by atoms with Crippen molar-refractivity contribution in [2.24, 2.45) is 0 Å². The van der Waals surface area contributed by atoms with Gasteiger partial charge in [0.15, 0.2) is 0 Å². The average molecular weight is 423 g/mol. The largest absolute Gasteiger partial charge is 0.398 e. The molecule has 0 radical (unpaired) electrons. The van der Waals surface area contributed by atoms with E-state index in [1.165, 1.54) is 5.69 Å². The van der Waals surface area contributed by atoms with Crippen LogP contribution in [0.3, 0.4) is 0 Å². The van der Waals surface area contributed by atoms with Gasteiger partial charge in [-0.15, -0.1) is 0 Å². The van der Waals surface area contributed by atoms with Crippen molar-refractivity contribution in [1.29, 1.82) is 5.26 Å². The molecular formula is C26H26N6. The number of nitriles is 1. The van der Waals surface area contributed by atoms with Crippen LogP contribution < -0.4 is 10.6 Å². The predicted octanol–water partition coefficient (Wildman–Crippen LogP) is 4.41. The number of pyridine rings is 1. The standard InChI is InChI=1S/C26H26N6/c1-17-3-4-20(14-23(17)28)24-22-13-18(15-27)16-29-26(22)30-25(24)19-5-7-21(8-6-19)32-11-9-31(2)10-12-32/h3-8,13-14,16H,9-12,28H2,1-2H3,(H,29,30). The van der Waals surface area contributed by atoms with Crippen molar-refractivity contribution in [2.45, 2.75) is 6.92 Å². The van der Waals surface area contributed by atoms with Crippen LogP contribution in [0.1, 0.15) is 11.1 Å². The number of nitrogens with zero attached hydrogens (tertiary/aromatic N) is 4. The van der Waals surface area contributed by atoms with E-state index in [1.807, 2.05) is 25.1 Å². The molecule has 0 saturated carbocycles. The second kappa shape index (κ2) is 8.03. The van der Waals surface area contributed by atoms with Gasteiger partial charge in [-0.2, -0.15) is 5.26 Å². The lowest BCUT2D eigenvalue weighted by atomic mass is 9.97. The molecule has 6 heteroatoms. The summed E-state index contributed by atoms with van der Waals surface area (Å²) in [5.74, 6) is 0. The fourth-order valence-electron chi connectivity index (χ4n) is 4.35. The van der Waals surface area contributed by atoms with E-state index < -0.39 is 0 Å². The maximum atomic E-state index is 9.41. The van der Waals surface area contributed by atoms with Crippen LogP contribution in [0.15, 0.2) is 54.7 Å². The highest BCUT2D eigenvalue weighted by Crippen LogP contribution is 2.39. The number of rotatable bonds is 3. The van der Waals surface area contributed by atoms with Gasteiger partial charge in [0.25, 0.3) is 0 Å². The summed E-state index contributed by atoms with van der Waals surface area (Å²) < 4.78 is 0. The van der Waals surface area contributed by atoms with Crippen molar-refractivity contribution in [3.63, 3.8) is 0 Å². The highest BCUT2D eigenvalue weighted by atomic mass is 15.2. The Morgan fingerprint density at radius 3 is 2.41 bits per heavy atom. The number of hydrogen-bond acceptors (Lipinski definition) is 5. The Balaban J connectivity index is 1.62. The molecule has 0 bridgehead atoms. The molecule has 0 spiro atoms. The van der Waals surface area contributed by atoms with E-state index in [-0.39, 0.29) is 0 Å². The third-order valence-corrected chi connectivity index (χ3v) is 6.37. The summed E-state index contributed by atoms with van der Waals surface area (Å²) in [5.41, 5.74) is 14.7. The predicted molar refractivity (Wildman–Crippen MR) is 131 cm³/mol. The topological polar surface area (TPSA) is 85.0 Å². The fraction of sp³-hybridized carbons (Fsp3) is 0.231. The summed E-state index contributed by atoms with van der Waals surface area (Å²) in [5, 5.41) is 10.3. The number of hydrogen-bond donors (Lipinski definition) is 2. The van der Waals surface area contributed by atoms with Crippen molar-refractivity contribution in [3.05, 3.63) is 65.9 Å². The molecule has 32 heavy (non-hydrogen) atoms. The number of nitrogens with one attached hydrogen (secondary N) is 1. The van der Waals surface area contributed by atoms with Crippen LogP contribution in [0, 0.1) is 18.3 Å². The van der Waals surface area contributed by atoms with E-state index in [4.69, 9.17) is 5.73 Å². The molecule has 0 atom stereocenters. The molecule has 160 valence electrons. The molecule has 3 heterocycles. The summed E-state index contributed by atoms with van der Waals surface area (Å²) >= 11 is 0. The summed E-state index contributed by atoms with van der Waals surface area (Å²) in [4.78, 5) is 12.8. The van der Waals surface area contributed by atoms with Gasteiger partial charge in [0.2, 0.25) is 0 Å². The summed E-state index contributed by atoms with van der Waals surface area (Å²) in [6, 6.07) is 18.9. The lowest BCUT2D eigenvalue weighted by Gasteiger charge is -2.34. The summed E-state index contributed by atoms with van der Waals surface area (Å²) in [6.07, 6.45) is 1.60. The molecule has 0 unspecified atom stereocenters. The first-order valence-corrected chi connectivity index (χ1v) is 10.9. The lowest BCUT2D eigenvalue weighted by molar-refractivity contribution is 0.313. The summed E-state index contributed by atoms with van der Waals surface area (Å²) in [7, 11) is 2.17. The van der Waals surface area contributed by atoms with Crippen molar-refractivity contribution < 1.29 is 0 Å². The van der Waals surface area contributed by atoms with Gasteiger partial charge in [0, 0.05) is 54.7 Å². The first-order chi connectivity index (χ1) is 15.5. The molecule has 1 saturated heterocycles. The molecule has 0 amide bonds. The van der Waals surface area contributed by atoms with Crippen LogP contribution in [-0.2, 0) is 0 Å². The highest BCUT2D eigenvalue weighted by Gasteiger charge is 2.18. The molecule has 1 aliphatic rings. The van der Waals surface area contributed by atoms with Crippen LogP contribution in [0.5, 0.6) is 0 Å². The third kappa shape index (κ3) is 3.57. The van der Waals surface area contributed by atoms with Gasteiger partial charge in [0.05, 0.1) is 11.3 Å². The maximum Gasteiger partial charge on any atom is 0.138 e. The number of H-pyrrole nitrogens is 1. The minimum absolute atomic E-state index is 0.537. The molecule has 2 aromatic carbocycles. The minimum atomic E-state index is 0.537. The van der Waals surface area contributed by atoms with Gasteiger partial charge in [-0.05, 0) is 54.9 Å². The summed E-state index contributed by atoms with van der Waals surface area (Å²) in [6.45, 7) is 6.24. The zero-order valence-electron chi connectivity index (χ0n) is 18.4. The first-order valence-electron chi connectivity index (χ1n) is 10.9. The number of likely N-dealkylation sites (N-methyl/N-ethyl adjacent to an activating group) is 1. The number of aryl methyl sites for hydroxylation is 1. The number of aromatic nitrogens is 2. The first kappa shape index (κ1) is 20.1. The Morgan fingerprint density at radius 2 is 1.72 bits per heavy atom. The van der Waals surface area contributed by atoms with Crippen LogP contribution in [0.2, 0.25) is 0 Å². The monoisotopic (exact) mass is 422 g/mol. The van der Waals surface area contributed by atoms with Gasteiger partial charge in [-0.3, -0.25) is 0 Å². The van der Waals surface area contributed by atoms with Crippen molar-refractivity contribution >= 4 is 22.4 Å². The van der Waals surface area contributed by atoms with Gasteiger partial charge in [-0.25, -0.2) is 4.98 Å². The second-order valence-corrected chi connectivity index (χ2v) is 8.52. The Bertz CT molecular complexity index is 1320. The number of piperazine rings is 1. The molecule has 0 aliphatic carbocycles. The number of aromatic amines is 1. The third-order valence-electron chi connectivity index (χ3n) is 6.37. The van der Waals surface area contributed by atoms with Crippen LogP contribution in [0.25, 0.3) is 33.4 Å². The molecule has 5 rings (SSSR count). The number of benzene rings is 2. The SMILES string of the molecule is Cc1ccc(-c2c(-c3ccc(N4CCN(C)CC4)cc3)[nH]c3ncc(C#N)cc23)cc1N. The number of anilines is 2. The number of nitrogens with two attached hydrogens (primary N) is 1. The number of nitrogen functional groups attached to an aromatic ring is 1. The minimum Gasteiger partial charge on any atom is -0.398 e. The molecular weight excluding hydrogens is 396 g/mol. The highest BCUT2D eigenvalue weighted by molar-refractivity contribution is 6.03. The van der Waals surface area contributed by atoms with E-state index in [2.05, 4.69) is 63.2 Å². The van der Waals surface area contributed by atoms with E-state index in [0.717, 1.165) is 70.8 Å². The Labute approximate surface area is 187 Å². The van der Waals surface area contributed by atoms with Crippen molar-refractivity contribution in [2.75, 3.05) is 43.9 Å². The Hall–Kier alpha value is -3.82. The molecule has 2 aromatic heterocycles. The van der Waals surface area contributed by atoms with Crippen molar-refractivity contribution in [3.8, 4) is 28.5 Å². The van der Waals surface area contributed by atoms with Crippen LogP contribution in [0.4, 0.5) is 11.4 Å². The fourth-order valence-corrected chi connectivity index (χ4v) is 4.35. The van der Waals surface area contributed by atoms with Gasteiger partial charge >= 0.3 is 0 Å². The second-order valence-electron chi connectivity index (χ2n) is 8.52.